The Morgan fingerprint density at radius 1 is 1.26 bits per heavy atom. The van der Waals surface area contributed by atoms with Crippen LogP contribution in [-0.2, 0) is 4.79 Å². The minimum Gasteiger partial charge on any atom is -0.480 e. The molecule has 2 N–H and O–H groups in total. The molecular weight excluding hydrogens is 250 g/mol. The van der Waals surface area contributed by atoms with Gasteiger partial charge in [-0.3, -0.25) is 0 Å². The van der Waals surface area contributed by atoms with E-state index >= 15 is 0 Å². The quantitative estimate of drug-likeness (QED) is 0.706. The maximum atomic E-state index is 12.1. The van der Waals surface area contributed by atoms with Crippen molar-refractivity contribution < 1.29 is 19.8 Å². The van der Waals surface area contributed by atoms with Crippen LogP contribution in [0.15, 0.2) is 0 Å². The number of hydrogen-bond donors (Lipinski definition) is 2. The summed E-state index contributed by atoms with van der Waals surface area (Å²) < 4.78 is 0. The van der Waals surface area contributed by atoms with Crippen LogP contribution in [0.5, 0.6) is 0 Å². The Morgan fingerprint density at radius 2 is 1.89 bits per heavy atom. The van der Waals surface area contributed by atoms with Crippen LogP contribution in [0, 0.1) is 0 Å². The van der Waals surface area contributed by atoms with Gasteiger partial charge in [0.25, 0.3) is 0 Å². The van der Waals surface area contributed by atoms with Gasteiger partial charge in [0.05, 0.1) is 6.10 Å². The highest BCUT2D eigenvalue weighted by atomic mass is 16.4. The summed E-state index contributed by atoms with van der Waals surface area (Å²) in [6.07, 6.45) is 0.177. The lowest BCUT2D eigenvalue weighted by Gasteiger charge is -2.27. The van der Waals surface area contributed by atoms with Gasteiger partial charge in [0.2, 0.25) is 0 Å². The third-order valence-corrected chi connectivity index (χ3v) is 3.24. The summed E-state index contributed by atoms with van der Waals surface area (Å²) >= 11 is 0. The van der Waals surface area contributed by atoms with Crippen molar-refractivity contribution in [1.82, 2.24) is 14.7 Å². The van der Waals surface area contributed by atoms with E-state index in [0.717, 1.165) is 13.0 Å². The van der Waals surface area contributed by atoms with Crippen LogP contribution in [-0.4, -0.2) is 89.8 Å². The van der Waals surface area contributed by atoms with E-state index in [1.165, 1.54) is 9.80 Å². The number of aliphatic hydroxyl groups is 1. The molecule has 2 unspecified atom stereocenters. The first-order chi connectivity index (χ1) is 8.82. The molecule has 0 saturated carbocycles. The van der Waals surface area contributed by atoms with Gasteiger partial charge in [0.1, 0.15) is 6.04 Å². The van der Waals surface area contributed by atoms with Crippen molar-refractivity contribution >= 4 is 12.0 Å². The van der Waals surface area contributed by atoms with Gasteiger partial charge in [-0.25, -0.2) is 9.59 Å². The molecule has 0 aromatic heterocycles. The molecule has 7 heteroatoms. The summed E-state index contributed by atoms with van der Waals surface area (Å²) in [5, 5.41) is 18.6. The summed E-state index contributed by atoms with van der Waals surface area (Å²) in [7, 11) is 5.57. The van der Waals surface area contributed by atoms with Gasteiger partial charge >= 0.3 is 12.0 Å². The molecule has 2 atom stereocenters. The summed E-state index contributed by atoms with van der Waals surface area (Å²) in [5.74, 6) is -1.06. The summed E-state index contributed by atoms with van der Waals surface area (Å²) in [5.41, 5.74) is 0. The van der Waals surface area contributed by atoms with Crippen LogP contribution in [0.4, 0.5) is 4.79 Å². The number of aliphatic hydroxyl groups excluding tert-OH is 1. The van der Waals surface area contributed by atoms with Gasteiger partial charge in [-0.05, 0) is 27.1 Å². The van der Waals surface area contributed by atoms with E-state index < -0.39 is 18.1 Å². The molecule has 19 heavy (non-hydrogen) atoms. The summed E-state index contributed by atoms with van der Waals surface area (Å²) in [6, 6.07) is -1.25. The average Bonchev–Trinajstić information content (AvgIpc) is 2.69. The Balaban J connectivity index is 2.53. The zero-order valence-corrected chi connectivity index (χ0v) is 11.7. The molecule has 7 nitrogen and oxygen atoms in total. The van der Waals surface area contributed by atoms with E-state index in [-0.39, 0.29) is 19.0 Å². The van der Waals surface area contributed by atoms with Crippen molar-refractivity contribution in [3.63, 3.8) is 0 Å². The van der Waals surface area contributed by atoms with Gasteiger partial charge in [0, 0.05) is 26.6 Å². The number of hydrogen-bond acceptors (Lipinski definition) is 4. The number of carboxylic acid groups (broad SMARTS) is 1. The average molecular weight is 273 g/mol. The number of carbonyl (C=O) groups is 2. The number of amides is 2. The first-order valence-corrected chi connectivity index (χ1v) is 6.40. The van der Waals surface area contributed by atoms with Crippen LogP contribution >= 0.6 is 0 Å². The number of rotatable bonds is 5. The Labute approximate surface area is 113 Å². The predicted octanol–water partition coefficient (Wildman–Crippen LogP) is -0.490. The summed E-state index contributed by atoms with van der Waals surface area (Å²) in [4.78, 5) is 28.0. The first-order valence-electron chi connectivity index (χ1n) is 6.40. The lowest BCUT2D eigenvalue weighted by molar-refractivity contribution is -0.141. The van der Waals surface area contributed by atoms with Crippen LogP contribution in [0.2, 0.25) is 0 Å². The van der Waals surface area contributed by atoms with Crippen molar-refractivity contribution in [2.45, 2.75) is 25.0 Å². The maximum absolute atomic E-state index is 12.1. The van der Waals surface area contributed by atoms with E-state index in [1.807, 2.05) is 19.0 Å². The smallest absolute Gasteiger partial charge is 0.326 e. The van der Waals surface area contributed by atoms with Crippen LogP contribution in [0.3, 0.4) is 0 Å². The third kappa shape index (κ3) is 4.36. The fourth-order valence-electron chi connectivity index (χ4n) is 2.20. The molecular formula is C12H23N3O4. The fraction of sp³-hybridized carbons (Fsp3) is 0.833. The molecule has 0 radical (unpaired) electrons. The van der Waals surface area contributed by atoms with Crippen LogP contribution < -0.4 is 0 Å². The molecule has 0 bridgehead atoms. The molecule has 1 heterocycles. The molecule has 1 aliphatic rings. The Hall–Kier alpha value is -1.34. The van der Waals surface area contributed by atoms with Crippen molar-refractivity contribution in [3.05, 3.63) is 0 Å². The SMILES string of the molecule is CN(C)CCCN(C)C(=O)N1CC(O)CC1C(=O)O. The first kappa shape index (κ1) is 15.7. The van der Waals surface area contributed by atoms with E-state index in [0.29, 0.717) is 6.54 Å². The Morgan fingerprint density at radius 3 is 2.42 bits per heavy atom. The number of urea groups is 1. The minimum atomic E-state index is -1.06. The zero-order valence-electron chi connectivity index (χ0n) is 11.7. The molecule has 1 fully saturated rings. The largest absolute Gasteiger partial charge is 0.480 e. The number of β-amino-alcohol motifs (C(OH)–C–C–N with tert-alkyl or cyclic N) is 1. The van der Waals surface area contributed by atoms with Crippen molar-refractivity contribution in [3.8, 4) is 0 Å². The molecule has 110 valence electrons. The van der Waals surface area contributed by atoms with E-state index in [2.05, 4.69) is 0 Å². The molecule has 0 aromatic rings. The highest BCUT2D eigenvalue weighted by molar-refractivity contribution is 5.83. The lowest BCUT2D eigenvalue weighted by atomic mass is 10.2. The Kier molecular flexibility index (Phi) is 5.56. The molecule has 1 aliphatic heterocycles. The molecule has 0 aromatic carbocycles. The topological polar surface area (TPSA) is 84.3 Å². The number of aliphatic carboxylic acids is 1. The van der Waals surface area contributed by atoms with Gasteiger partial charge in [0.15, 0.2) is 0 Å². The lowest BCUT2D eigenvalue weighted by Crippen LogP contribution is -2.47. The predicted molar refractivity (Wildman–Crippen MR) is 70.0 cm³/mol. The van der Waals surface area contributed by atoms with Crippen LogP contribution in [0.1, 0.15) is 12.8 Å². The fourth-order valence-corrected chi connectivity index (χ4v) is 2.20. The summed E-state index contributed by atoms with van der Waals surface area (Å²) in [6.45, 7) is 1.52. The number of carbonyl (C=O) groups excluding carboxylic acids is 1. The van der Waals surface area contributed by atoms with Crippen molar-refractivity contribution in [1.29, 1.82) is 0 Å². The highest BCUT2D eigenvalue weighted by Crippen LogP contribution is 2.19. The second kappa shape index (κ2) is 6.72. The van der Waals surface area contributed by atoms with E-state index in [9.17, 15) is 14.7 Å². The molecule has 0 spiro atoms. The molecule has 1 rings (SSSR count). The van der Waals surface area contributed by atoms with E-state index in [1.54, 1.807) is 7.05 Å². The second-order valence-corrected chi connectivity index (χ2v) is 5.26. The molecule has 1 saturated heterocycles. The maximum Gasteiger partial charge on any atom is 0.326 e. The van der Waals surface area contributed by atoms with Crippen molar-refractivity contribution in [2.24, 2.45) is 0 Å². The van der Waals surface area contributed by atoms with Gasteiger partial charge in [-0.15, -0.1) is 0 Å². The van der Waals surface area contributed by atoms with Gasteiger partial charge in [-0.2, -0.15) is 0 Å². The number of carboxylic acids is 1. The van der Waals surface area contributed by atoms with Gasteiger partial charge in [-0.1, -0.05) is 0 Å². The zero-order chi connectivity index (χ0) is 14.6. The monoisotopic (exact) mass is 273 g/mol. The third-order valence-electron chi connectivity index (χ3n) is 3.24. The number of likely N-dealkylation sites (tertiary alicyclic amines) is 1. The number of nitrogens with zero attached hydrogens (tertiary/aromatic N) is 3. The normalized spacial score (nSPS) is 22.9. The van der Waals surface area contributed by atoms with Crippen LogP contribution in [0.25, 0.3) is 0 Å². The standard InChI is InChI=1S/C12H23N3O4/c1-13(2)5-4-6-14(3)12(19)15-8-9(16)7-10(15)11(17)18/h9-10,16H,4-8H2,1-3H3,(H,17,18). The van der Waals surface area contributed by atoms with E-state index in [4.69, 9.17) is 5.11 Å². The van der Waals surface area contributed by atoms with Gasteiger partial charge < -0.3 is 24.9 Å². The molecule has 2 amide bonds. The minimum absolute atomic E-state index is 0.0911. The Bertz CT molecular complexity index is 335. The highest BCUT2D eigenvalue weighted by Gasteiger charge is 2.39. The van der Waals surface area contributed by atoms with Crippen molar-refractivity contribution in [2.75, 3.05) is 40.8 Å². The molecule has 0 aliphatic carbocycles. The second-order valence-electron chi connectivity index (χ2n) is 5.26.